The molecule has 0 saturated heterocycles. The number of amides is 1. The molecule has 1 amide bonds. The van der Waals surface area contributed by atoms with Gasteiger partial charge in [-0.25, -0.2) is 0 Å². The Morgan fingerprint density at radius 1 is 1.64 bits per heavy atom. The van der Waals surface area contributed by atoms with Crippen molar-refractivity contribution in [2.24, 2.45) is 5.41 Å². The second-order valence-electron chi connectivity index (χ2n) is 3.98. The zero-order valence-corrected chi connectivity index (χ0v) is 9.00. The minimum Gasteiger partial charge on any atom is -0.393 e. The standard InChI is InChI=1S/C10H18N2O2/c1-8(13)5-4-6-12-9(14)10(2,3)7-11/h8,13H,4-6H2,1-3H3,(H,12,14). The third kappa shape index (κ3) is 4.83. The normalized spacial score (nSPS) is 13.1. The van der Waals surface area contributed by atoms with Gasteiger partial charge in [-0.3, -0.25) is 4.79 Å². The fraction of sp³-hybridized carbons (Fsp3) is 0.800. The Hall–Kier alpha value is -1.08. The van der Waals surface area contributed by atoms with Crippen molar-refractivity contribution in [3.8, 4) is 6.07 Å². The molecule has 4 heteroatoms. The molecule has 0 aromatic carbocycles. The number of carbonyl (C=O) groups is 1. The smallest absolute Gasteiger partial charge is 0.239 e. The van der Waals surface area contributed by atoms with Crippen LogP contribution in [0.4, 0.5) is 0 Å². The van der Waals surface area contributed by atoms with E-state index in [2.05, 4.69) is 5.32 Å². The topological polar surface area (TPSA) is 73.1 Å². The van der Waals surface area contributed by atoms with Gasteiger partial charge in [0.1, 0.15) is 5.41 Å². The van der Waals surface area contributed by atoms with Crippen LogP contribution in [0.5, 0.6) is 0 Å². The van der Waals surface area contributed by atoms with E-state index in [1.807, 2.05) is 6.07 Å². The minimum absolute atomic E-state index is 0.259. The summed E-state index contributed by atoms with van der Waals surface area (Å²) in [7, 11) is 0. The molecule has 0 heterocycles. The molecule has 0 fully saturated rings. The fourth-order valence-corrected chi connectivity index (χ4v) is 0.871. The maximum atomic E-state index is 11.3. The first kappa shape index (κ1) is 12.9. The number of nitriles is 1. The van der Waals surface area contributed by atoms with Crippen molar-refractivity contribution in [2.75, 3.05) is 6.54 Å². The Morgan fingerprint density at radius 3 is 2.64 bits per heavy atom. The molecule has 0 aliphatic heterocycles. The molecule has 80 valence electrons. The number of aliphatic hydroxyl groups is 1. The lowest BCUT2D eigenvalue weighted by molar-refractivity contribution is -0.126. The van der Waals surface area contributed by atoms with Gasteiger partial charge in [0.05, 0.1) is 12.2 Å². The van der Waals surface area contributed by atoms with Gasteiger partial charge in [0.2, 0.25) is 5.91 Å². The van der Waals surface area contributed by atoms with E-state index < -0.39 is 5.41 Å². The highest BCUT2D eigenvalue weighted by atomic mass is 16.3. The van der Waals surface area contributed by atoms with E-state index in [1.54, 1.807) is 20.8 Å². The molecule has 0 aliphatic carbocycles. The maximum Gasteiger partial charge on any atom is 0.239 e. The highest BCUT2D eigenvalue weighted by Gasteiger charge is 2.26. The van der Waals surface area contributed by atoms with Crippen LogP contribution < -0.4 is 5.32 Å². The van der Waals surface area contributed by atoms with Crippen LogP contribution in [-0.4, -0.2) is 23.7 Å². The van der Waals surface area contributed by atoms with Crippen LogP contribution >= 0.6 is 0 Å². The van der Waals surface area contributed by atoms with Crippen LogP contribution in [0.1, 0.15) is 33.6 Å². The molecule has 0 rings (SSSR count). The number of aliphatic hydroxyl groups excluding tert-OH is 1. The second-order valence-corrected chi connectivity index (χ2v) is 3.98. The molecule has 0 bridgehead atoms. The third-order valence-electron chi connectivity index (χ3n) is 1.93. The Labute approximate surface area is 84.9 Å². The average molecular weight is 198 g/mol. The van der Waals surface area contributed by atoms with E-state index in [0.717, 1.165) is 6.42 Å². The first-order chi connectivity index (χ1) is 6.40. The van der Waals surface area contributed by atoms with Crippen LogP contribution in [0.15, 0.2) is 0 Å². The Balaban J connectivity index is 3.72. The van der Waals surface area contributed by atoms with E-state index in [-0.39, 0.29) is 12.0 Å². The fourth-order valence-electron chi connectivity index (χ4n) is 0.871. The second kappa shape index (κ2) is 5.61. The van der Waals surface area contributed by atoms with Crippen molar-refractivity contribution in [1.29, 1.82) is 5.26 Å². The molecule has 1 atom stereocenters. The molecule has 0 spiro atoms. The molecule has 0 aliphatic rings. The maximum absolute atomic E-state index is 11.3. The van der Waals surface area contributed by atoms with E-state index in [9.17, 15) is 4.79 Å². The van der Waals surface area contributed by atoms with Gasteiger partial charge in [-0.1, -0.05) is 0 Å². The summed E-state index contributed by atoms with van der Waals surface area (Å²) in [6.45, 7) is 5.38. The first-order valence-corrected chi connectivity index (χ1v) is 4.78. The van der Waals surface area contributed by atoms with Crippen molar-refractivity contribution in [3.05, 3.63) is 0 Å². The van der Waals surface area contributed by atoms with Crippen molar-refractivity contribution in [2.45, 2.75) is 39.7 Å². The van der Waals surface area contributed by atoms with Crippen LogP contribution in [-0.2, 0) is 4.79 Å². The van der Waals surface area contributed by atoms with E-state index in [1.165, 1.54) is 0 Å². The van der Waals surface area contributed by atoms with Crippen LogP contribution in [0.25, 0.3) is 0 Å². The highest BCUT2D eigenvalue weighted by molar-refractivity contribution is 5.84. The SMILES string of the molecule is CC(O)CCCNC(=O)C(C)(C)C#N. The molecule has 14 heavy (non-hydrogen) atoms. The quantitative estimate of drug-likeness (QED) is 0.642. The van der Waals surface area contributed by atoms with Crippen molar-refractivity contribution >= 4 is 5.91 Å². The molecule has 0 radical (unpaired) electrons. The monoisotopic (exact) mass is 198 g/mol. The summed E-state index contributed by atoms with van der Waals surface area (Å²) in [6, 6.07) is 1.93. The van der Waals surface area contributed by atoms with Crippen LogP contribution in [0.3, 0.4) is 0 Å². The first-order valence-electron chi connectivity index (χ1n) is 4.78. The summed E-state index contributed by atoms with van der Waals surface area (Å²) in [6.07, 6.45) is 1.05. The lowest BCUT2D eigenvalue weighted by Crippen LogP contribution is -2.36. The molecule has 4 nitrogen and oxygen atoms in total. The van der Waals surface area contributed by atoms with Crippen LogP contribution in [0, 0.1) is 16.7 Å². The minimum atomic E-state index is -0.967. The van der Waals surface area contributed by atoms with E-state index in [4.69, 9.17) is 10.4 Å². The zero-order valence-electron chi connectivity index (χ0n) is 9.00. The Kier molecular flexibility index (Phi) is 5.18. The van der Waals surface area contributed by atoms with Gasteiger partial charge in [0, 0.05) is 6.54 Å². The van der Waals surface area contributed by atoms with Gasteiger partial charge in [-0.15, -0.1) is 0 Å². The Bertz CT molecular complexity index is 229. The molecule has 2 N–H and O–H groups in total. The molecular weight excluding hydrogens is 180 g/mol. The van der Waals surface area contributed by atoms with Gasteiger partial charge in [0.25, 0.3) is 0 Å². The summed E-state index contributed by atoms with van der Waals surface area (Å²) >= 11 is 0. The summed E-state index contributed by atoms with van der Waals surface area (Å²) < 4.78 is 0. The Morgan fingerprint density at radius 2 is 2.21 bits per heavy atom. The molecule has 0 aromatic heterocycles. The van der Waals surface area contributed by atoms with Gasteiger partial charge in [0.15, 0.2) is 0 Å². The van der Waals surface area contributed by atoms with Gasteiger partial charge in [-0.2, -0.15) is 5.26 Å². The predicted octanol–water partition coefficient (Wildman–Crippen LogP) is 0.813. The zero-order chi connectivity index (χ0) is 11.2. The molecule has 0 aromatic rings. The highest BCUT2D eigenvalue weighted by Crippen LogP contribution is 2.12. The van der Waals surface area contributed by atoms with Crippen molar-refractivity contribution in [1.82, 2.24) is 5.32 Å². The van der Waals surface area contributed by atoms with Gasteiger partial charge in [-0.05, 0) is 33.6 Å². The van der Waals surface area contributed by atoms with Crippen molar-refractivity contribution < 1.29 is 9.90 Å². The third-order valence-corrected chi connectivity index (χ3v) is 1.93. The van der Waals surface area contributed by atoms with Crippen molar-refractivity contribution in [3.63, 3.8) is 0 Å². The lowest BCUT2D eigenvalue weighted by atomic mass is 9.95. The summed E-state index contributed by atoms with van der Waals surface area (Å²) in [5, 5.41) is 20.3. The van der Waals surface area contributed by atoms with Crippen LogP contribution in [0.2, 0.25) is 0 Å². The molecule has 1 unspecified atom stereocenters. The molecule has 0 saturated carbocycles. The van der Waals surface area contributed by atoms with E-state index >= 15 is 0 Å². The number of rotatable bonds is 5. The number of nitrogens with one attached hydrogen (secondary N) is 1. The number of nitrogens with zero attached hydrogens (tertiary/aromatic N) is 1. The predicted molar refractivity (Wildman–Crippen MR) is 53.3 cm³/mol. The number of carbonyl (C=O) groups excluding carboxylic acids is 1. The lowest BCUT2D eigenvalue weighted by Gasteiger charge is -2.14. The summed E-state index contributed by atoms with van der Waals surface area (Å²) in [5.74, 6) is -0.259. The van der Waals surface area contributed by atoms with Gasteiger partial charge >= 0.3 is 0 Å². The number of hydrogen-bond donors (Lipinski definition) is 2. The summed E-state index contributed by atoms with van der Waals surface area (Å²) in [5.41, 5.74) is -0.967. The summed E-state index contributed by atoms with van der Waals surface area (Å²) in [4.78, 5) is 11.3. The largest absolute Gasteiger partial charge is 0.393 e. The number of hydrogen-bond acceptors (Lipinski definition) is 3. The molecular formula is C10H18N2O2. The average Bonchev–Trinajstić information content (AvgIpc) is 2.11. The van der Waals surface area contributed by atoms with Gasteiger partial charge < -0.3 is 10.4 Å². The van der Waals surface area contributed by atoms with E-state index in [0.29, 0.717) is 13.0 Å².